The summed E-state index contributed by atoms with van der Waals surface area (Å²) < 4.78 is 5.67. The maximum Gasteiger partial charge on any atom is 0.220 e. The van der Waals surface area contributed by atoms with Gasteiger partial charge in [-0.1, -0.05) is 59.6 Å². The molecule has 2 aromatic heterocycles. The largest absolute Gasteiger partial charge is 0.481 e. The molecule has 2 saturated heterocycles. The van der Waals surface area contributed by atoms with Gasteiger partial charge >= 0.3 is 0 Å². The summed E-state index contributed by atoms with van der Waals surface area (Å²) in [5.41, 5.74) is 7.91. The van der Waals surface area contributed by atoms with Crippen LogP contribution in [0.15, 0.2) is 60.8 Å². The lowest BCUT2D eigenvalue weighted by atomic mass is 9.98. The van der Waals surface area contributed by atoms with E-state index in [1.54, 1.807) is 13.3 Å². The van der Waals surface area contributed by atoms with Gasteiger partial charge in [0.15, 0.2) is 0 Å². The van der Waals surface area contributed by atoms with Crippen molar-refractivity contribution in [1.29, 1.82) is 0 Å². The zero-order valence-electron chi connectivity index (χ0n) is 28.3. The molecule has 2 atom stereocenters. The van der Waals surface area contributed by atoms with Crippen LogP contribution >= 0.6 is 23.2 Å². The standard InChI is InChI=1S/C38H41Cl2N7O3/c1-46-16-17-47(22-27-10-13-34(49)44-27)21-25-7-6-23(18-32(25)46)37-36(40)29(14-15-42-37)28-4-3-5-30(35(28)39)31-11-8-24(38(45-31)50-2)19-41-20-26-9-12-33(48)43-26/h3-8,11,14-15,18,26-27,41H,9-10,12-13,16-17,19-22H2,1-2H3,(H,43,48)(H,44,49). The van der Waals surface area contributed by atoms with Crippen molar-refractivity contribution in [1.82, 2.24) is 30.8 Å². The van der Waals surface area contributed by atoms with Crippen molar-refractivity contribution in [2.75, 3.05) is 45.2 Å². The molecule has 10 nitrogen and oxygen atoms in total. The summed E-state index contributed by atoms with van der Waals surface area (Å²) in [5.74, 6) is 0.764. The number of pyridine rings is 2. The number of likely N-dealkylation sites (N-methyl/N-ethyl adjacent to an activating group) is 1. The zero-order chi connectivity index (χ0) is 34.8. The molecule has 0 spiro atoms. The second-order valence-corrected chi connectivity index (χ2v) is 14.0. The molecular formula is C38H41Cl2N7O3. The van der Waals surface area contributed by atoms with Gasteiger partial charge < -0.3 is 25.6 Å². The normalized spacial score (nSPS) is 19.2. The van der Waals surface area contributed by atoms with E-state index in [1.165, 1.54) is 5.56 Å². The van der Waals surface area contributed by atoms with Crippen LogP contribution in [-0.2, 0) is 22.7 Å². The number of nitrogens with one attached hydrogen (secondary N) is 3. The monoisotopic (exact) mass is 713 g/mol. The van der Waals surface area contributed by atoms with E-state index in [-0.39, 0.29) is 23.9 Å². The number of rotatable bonds is 10. The molecule has 2 fully saturated rings. The fraction of sp³-hybridized carbons (Fsp3) is 0.368. The van der Waals surface area contributed by atoms with Crippen molar-refractivity contribution in [2.24, 2.45) is 0 Å². The molecule has 12 heteroatoms. The summed E-state index contributed by atoms with van der Waals surface area (Å²) in [5, 5.41) is 10.5. The van der Waals surface area contributed by atoms with Crippen LogP contribution in [0, 0.1) is 0 Å². The van der Waals surface area contributed by atoms with E-state index in [2.05, 4.69) is 51.0 Å². The molecular weight excluding hydrogens is 673 g/mol. The molecule has 3 aliphatic heterocycles. The van der Waals surface area contributed by atoms with Crippen LogP contribution < -0.4 is 25.6 Å². The first-order valence-electron chi connectivity index (χ1n) is 17.1. The van der Waals surface area contributed by atoms with Crippen molar-refractivity contribution < 1.29 is 14.3 Å². The van der Waals surface area contributed by atoms with Gasteiger partial charge in [0.1, 0.15) is 0 Å². The van der Waals surface area contributed by atoms with E-state index in [9.17, 15) is 9.59 Å². The highest BCUT2D eigenvalue weighted by Gasteiger charge is 2.26. The molecule has 2 amide bonds. The topological polar surface area (TPSA) is 112 Å². The number of carbonyl (C=O) groups is 2. The Morgan fingerprint density at radius 2 is 1.68 bits per heavy atom. The van der Waals surface area contributed by atoms with Gasteiger partial charge in [0, 0.05) is 111 Å². The first-order valence-corrected chi connectivity index (χ1v) is 17.9. The Balaban J connectivity index is 1.12. The third-order valence-electron chi connectivity index (χ3n) is 9.86. The van der Waals surface area contributed by atoms with Gasteiger partial charge in [0.05, 0.1) is 28.5 Å². The van der Waals surface area contributed by atoms with Gasteiger partial charge in [0.25, 0.3) is 0 Å². The predicted octanol–water partition coefficient (Wildman–Crippen LogP) is 5.69. The minimum absolute atomic E-state index is 0.103. The number of hydrogen-bond donors (Lipinski definition) is 3. The average Bonchev–Trinajstić information content (AvgIpc) is 3.70. The number of hydrogen-bond acceptors (Lipinski definition) is 8. The third kappa shape index (κ3) is 7.30. The molecule has 0 aliphatic carbocycles. The maximum absolute atomic E-state index is 11.8. The average molecular weight is 715 g/mol. The summed E-state index contributed by atoms with van der Waals surface area (Å²) in [4.78, 5) is 37.5. The van der Waals surface area contributed by atoms with E-state index in [1.807, 2.05) is 36.4 Å². The summed E-state index contributed by atoms with van der Waals surface area (Å²) in [7, 11) is 3.72. The summed E-state index contributed by atoms with van der Waals surface area (Å²) in [6.45, 7) is 4.69. The highest BCUT2D eigenvalue weighted by molar-refractivity contribution is 6.39. The molecule has 4 aromatic rings. The van der Waals surface area contributed by atoms with Crippen molar-refractivity contribution in [3.63, 3.8) is 0 Å². The van der Waals surface area contributed by atoms with E-state index in [4.69, 9.17) is 37.9 Å². The third-order valence-corrected chi connectivity index (χ3v) is 10.6. The van der Waals surface area contributed by atoms with Gasteiger partial charge in [-0.15, -0.1) is 0 Å². The number of benzene rings is 2. The highest BCUT2D eigenvalue weighted by atomic mass is 35.5. The molecule has 5 heterocycles. The molecule has 2 unspecified atom stereocenters. The molecule has 0 bridgehead atoms. The van der Waals surface area contributed by atoms with Crippen LogP contribution in [-0.4, -0.2) is 79.1 Å². The molecule has 3 aliphatic rings. The first-order chi connectivity index (χ1) is 24.3. The number of halogens is 2. The Hall–Kier alpha value is -4.22. The molecule has 7 rings (SSSR count). The number of ether oxygens (including phenoxy) is 1. The fourth-order valence-electron chi connectivity index (χ4n) is 7.15. The summed E-state index contributed by atoms with van der Waals surface area (Å²) in [6.07, 6.45) is 4.69. The molecule has 3 N–H and O–H groups in total. The van der Waals surface area contributed by atoms with Crippen LogP contribution in [0.3, 0.4) is 0 Å². The van der Waals surface area contributed by atoms with Gasteiger partial charge in [-0.3, -0.25) is 19.5 Å². The molecule has 2 aromatic carbocycles. The highest BCUT2D eigenvalue weighted by Crippen LogP contribution is 2.42. The lowest BCUT2D eigenvalue weighted by Gasteiger charge is -2.23. The van der Waals surface area contributed by atoms with Crippen molar-refractivity contribution in [2.45, 2.75) is 50.9 Å². The van der Waals surface area contributed by atoms with Crippen LogP contribution in [0.4, 0.5) is 5.69 Å². The van der Waals surface area contributed by atoms with Gasteiger partial charge in [0.2, 0.25) is 17.7 Å². The second-order valence-electron chi connectivity index (χ2n) is 13.3. The fourth-order valence-corrected chi connectivity index (χ4v) is 7.79. The SMILES string of the molecule is COc1nc(-c2cccc(-c3ccnc(-c4ccc5c(c4)N(C)CCN(CC4CCC(=O)N4)C5)c3Cl)c2Cl)ccc1CNCC1CCC(=O)N1. The Kier molecular flexibility index (Phi) is 10.2. The number of carbonyl (C=O) groups excluding carboxylic acids is 2. The van der Waals surface area contributed by atoms with Crippen LogP contribution in [0.5, 0.6) is 5.88 Å². The Morgan fingerprint density at radius 3 is 2.44 bits per heavy atom. The van der Waals surface area contributed by atoms with E-state index >= 15 is 0 Å². The van der Waals surface area contributed by atoms with Crippen LogP contribution in [0.1, 0.15) is 36.8 Å². The molecule has 260 valence electrons. The van der Waals surface area contributed by atoms with E-state index < -0.39 is 0 Å². The summed E-state index contributed by atoms with van der Waals surface area (Å²) >= 11 is 14.3. The van der Waals surface area contributed by atoms with Gasteiger partial charge in [-0.25, -0.2) is 4.98 Å². The Labute approximate surface area is 302 Å². The number of anilines is 1. The number of methoxy groups -OCH3 is 1. The number of aromatic nitrogens is 2. The smallest absolute Gasteiger partial charge is 0.220 e. The van der Waals surface area contributed by atoms with Crippen molar-refractivity contribution in [3.05, 3.63) is 82.0 Å². The van der Waals surface area contributed by atoms with Gasteiger partial charge in [-0.05, 0) is 36.6 Å². The van der Waals surface area contributed by atoms with Crippen molar-refractivity contribution >= 4 is 40.7 Å². The maximum atomic E-state index is 11.8. The Bertz CT molecular complexity index is 1920. The second kappa shape index (κ2) is 14.9. The quantitative estimate of drug-likeness (QED) is 0.192. The number of nitrogens with zero attached hydrogens (tertiary/aromatic N) is 4. The van der Waals surface area contributed by atoms with E-state index in [0.29, 0.717) is 53.2 Å². The first kappa shape index (κ1) is 34.2. The predicted molar refractivity (Wildman–Crippen MR) is 197 cm³/mol. The lowest BCUT2D eigenvalue weighted by molar-refractivity contribution is -0.120. The van der Waals surface area contributed by atoms with Gasteiger partial charge in [-0.2, -0.15) is 0 Å². The lowest BCUT2D eigenvalue weighted by Crippen LogP contribution is -2.40. The van der Waals surface area contributed by atoms with Crippen molar-refractivity contribution in [3.8, 4) is 39.5 Å². The van der Waals surface area contributed by atoms with Crippen LogP contribution in [0.2, 0.25) is 10.0 Å². The number of amides is 2. The zero-order valence-corrected chi connectivity index (χ0v) is 29.8. The molecule has 0 saturated carbocycles. The van der Waals surface area contributed by atoms with E-state index in [0.717, 1.165) is 72.5 Å². The Morgan fingerprint density at radius 1 is 0.920 bits per heavy atom. The molecule has 50 heavy (non-hydrogen) atoms. The number of fused-ring (bicyclic) bond motifs is 1. The minimum Gasteiger partial charge on any atom is -0.481 e. The summed E-state index contributed by atoms with van der Waals surface area (Å²) in [6, 6.07) is 18.4. The minimum atomic E-state index is 0.103. The van der Waals surface area contributed by atoms with Crippen LogP contribution in [0.25, 0.3) is 33.6 Å². The molecule has 0 radical (unpaired) electrons.